The van der Waals surface area contributed by atoms with Crippen LogP contribution in [0.2, 0.25) is 0 Å². The molecule has 6 rings (SSSR count). The van der Waals surface area contributed by atoms with E-state index in [1.54, 1.807) is 16.7 Å². The highest BCUT2D eigenvalue weighted by Gasteiger charge is 2.57. The van der Waals surface area contributed by atoms with Crippen LogP contribution < -0.4 is 0 Å². The Morgan fingerprint density at radius 1 is 0.788 bits per heavy atom. The molecule has 1 saturated carbocycles. The topological polar surface area (TPSA) is 199 Å². The van der Waals surface area contributed by atoms with Gasteiger partial charge in [0, 0.05) is 0 Å². The van der Waals surface area contributed by atoms with Crippen molar-refractivity contribution in [1.82, 2.24) is 0 Å². The van der Waals surface area contributed by atoms with Crippen LogP contribution in [0, 0.1) is 40.4 Å². The van der Waals surface area contributed by atoms with Crippen LogP contribution in [-0.2, 0) is 18.9 Å². The van der Waals surface area contributed by atoms with Gasteiger partial charge in [-0.05, 0) is 109 Å². The molecule has 12 heteroatoms. The van der Waals surface area contributed by atoms with Gasteiger partial charge < -0.3 is 59.8 Å². The first-order chi connectivity index (χ1) is 24.5. The molecule has 298 valence electrons. The zero-order chi connectivity index (χ0) is 37.9. The molecule has 0 bridgehead atoms. The van der Waals surface area contributed by atoms with Gasteiger partial charge in [-0.15, -0.1) is 0 Å². The van der Waals surface area contributed by atoms with Crippen LogP contribution in [0.25, 0.3) is 0 Å². The molecule has 0 spiro atoms. The van der Waals surface area contributed by atoms with Gasteiger partial charge in [0.1, 0.15) is 48.8 Å². The number of rotatable bonds is 11. The lowest BCUT2D eigenvalue weighted by atomic mass is 9.49. The van der Waals surface area contributed by atoms with Gasteiger partial charge in [-0.2, -0.15) is 0 Å². The Bertz CT molecular complexity index is 1300. The maximum atomic E-state index is 11.2. The second-order valence-corrected chi connectivity index (χ2v) is 18.0. The van der Waals surface area contributed by atoms with Crippen molar-refractivity contribution < 1.29 is 59.8 Å². The lowest BCUT2D eigenvalue weighted by Gasteiger charge is -2.57. The maximum Gasteiger partial charge on any atom is 0.187 e. The first-order valence-corrected chi connectivity index (χ1v) is 19.9. The maximum absolute atomic E-state index is 11.2. The molecule has 12 nitrogen and oxygen atoms in total. The van der Waals surface area contributed by atoms with Gasteiger partial charge in [-0.1, -0.05) is 53.2 Å². The normalized spacial score (nSPS) is 47.8. The van der Waals surface area contributed by atoms with Crippen LogP contribution in [0.1, 0.15) is 99.3 Å². The van der Waals surface area contributed by atoms with Crippen molar-refractivity contribution in [3.63, 3.8) is 0 Å². The fourth-order valence-corrected chi connectivity index (χ4v) is 11.4. The van der Waals surface area contributed by atoms with Gasteiger partial charge in [0.25, 0.3) is 0 Å². The van der Waals surface area contributed by atoms with E-state index in [0.717, 1.165) is 51.4 Å². The van der Waals surface area contributed by atoms with Crippen LogP contribution in [-0.4, -0.2) is 128 Å². The summed E-state index contributed by atoms with van der Waals surface area (Å²) in [5, 5.41) is 83.6. The van der Waals surface area contributed by atoms with Crippen LogP contribution in [0.3, 0.4) is 0 Å². The minimum atomic E-state index is -1.72. The summed E-state index contributed by atoms with van der Waals surface area (Å²) in [5.41, 5.74) is 4.80. The van der Waals surface area contributed by atoms with E-state index >= 15 is 0 Å². The number of hydrogen-bond donors (Lipinski definition) is 8. The van der Waals surface area contributed by atoms with Crippen molar-refractivity contribution >= 4 is 0 Å². The molecule has 3 fully saturated rings. The third kappa shape index (κ3) is 7.23. The quantitative estimate of drug-likeness (QED) is 0.154. The SMILES string of the molecule is CC(C)C[C@H](O)C[C@@H](C)[C@H]1CC=C2C3=C(CC[C@@]21C)[C@@]1(C)CC[C@H](O[C@@H]2OC(CO)[C@H](O)C(O)C2O[C@@H]2OC(CO)[C@H](O)C(O)C2O)[C@@H](C)[C@@H]1CC3. The van der Waals surface area contributed by atoms with E-state index in [4.69, 9.17) is 18.9 Å². The summed E-state index contributed by atoms with van der Waals surface area (Å²) in [4.78, 5) is 0. The molecule has 4 aliphatic carbocycles. The molecule has 0 aromatic heterocycles. The van der Waals surface area contributed by atoms with Crippen molar-refractivity contribution in [2.45, 2.75) is 173 Å². The van der Waals surface area contributed by atoms with Gasteiger partial charge in [-0.3, -0.25) is 0 Å². The number of allylic oxidation sites excluding steroid dienone is 4. The number of aliphatic hydroxyl groups excluding tert-OH is 8. The van der Waals surface area contributed by atoms with Gasteiger partial charge >= 0.3 is 0 Å². The van der Waals surface area contributed by atoms with E-state index in [1.807, 2.05) is 0 Å². The Balaban J connectivity index is 1.17. The van der Waals surface area contributed by atoms with E-state index in [1.165, 1.54) is 0 Å². The minimum Gasteiger partial charge on any atom is -0.394 e. The smallest absolute Gasteiger partial charge is 0.187 e. The molecule has 2 saturated heterocycles. The first kappa shape index (κ1) is 40.7. The second kappa shape index (κ2) is 15.9. The van der Waals surface area contributed by atoms with Gasteiger partial charge in [0.05, 0.1) is 25.4 Å². The van der Waals surface area contributed by atoms with E-state index in [2.05, 4.69) is 47.6 Å². The number of ether oxygens (including phenoxy) is 4. The number of fused-ring (bicyclic) bond motifs is 4. The Morgan fingerprint density at radius 3 is 2.10 bits per heavy atom. The number of aliphatic hydroxyl groups is 8. The predicted molar refractivity (Wildman–Crippen MR) is 190 cm³/mol. The summed E-state index contributed by atoms with van der Waals surface area (Å²) in [7, 11) is 0. The van der Waals surface area contributed by atoms with Crippen molar-refractivity contribution in [1.29, 1.82) is 0 Å². The second-order valence-electron chi connectivity index (χ2n) is 18.0. The molecule has 0 radical (unpaired) electrons. The van der Waals surface area contributed by atoms with Crippen LogP contribution in [0.5, 0.6) is 0 Å². The summed E-state index contributed by atoms with van der Waals surface area (Å²) in [6.45, 7) is 12.5. The van der Waals surface area contributed by atoms with Gasteiger partial charge in [0.15, 0.2) is 12.6 Å². The lowest BCUT2D eigenvalue weighted by Crippen LogP contribution is -2.65. The van der Waals surface area contributed by atoms with Crippen molar-refractivity contribution in [2.24, 2.45) is 40.4 Å². The summed E-state index contributed by atoms with van der Waals surface area (Å²) in [6.07, 6.45) is -4.22. The summed E-state index contributed by atoms with van der Waals surface area (Å²) in [5.74, 6) is 1.87. The monoisotopic (exact) mass is 738 g/mol. The van der Waals surface area contributed by atoms with Crippen molar-refractivity contribution in [3.8, 4) is 0 Å². The third-order valence-electron chi connectivity index (χ3n) is 14.3. The average Bonchev–Trinajstić information content (AvgIpc) is 3.46. The molecule has 2 aliphatic heterocycles. The largest absolute Gasteiger partial charge is 0.394 e. The summed E-state index contributed by atoms with van der Waals surface area (Å²) >= 11 is 0. The average molecular weight is 739 g/mol. The molecule has 0 aromatic carbocycles. The fraction of sp³-hybridized carbons (Fsp3) is 0.900. The lowest BCUT2D eigenvalue weighted by molar-refractivity contribution is -0.374. The van der Waals surface area contributed by atoms with Crippen molar-refractivity contribution in [3.05, 3.63) is 22.8 Å². The Morgan fingerprint density at radius 2 is 1.44 bits per heavy atom. The zero-order valence-corrected chi connectivity index (χ0v) is 31.9. The Labute approximate surface area is 308 Å². The highest BCUT2D eigenvalue weighted by molar-refractivity contribution is 5.49. The molecular formula is C40H66O12. The molecule has 52 heavy (non-hydrogen) atoms. The van der Waals surface area contributed by atoms with Crippen LogP contribution in [0.4, 0.5) is 0 Å². The molecule has 6 aliphatic rings. The molecular weight excluding hydrogens is 672 g/mol. The number of hydrogen-bond acceptors (Lipinski definition) is 12. The molecule has 8 N–H and O–H groups in total. The van der Waals surface area contributed by atoms with Gasteiger partial charge in [-0.25, -0.2) is 0 Å². The third-order valence-corrected chi connectivity index (χ3v) is 14.3. The molecule has 18 atom stereocenters. The Hall–Kier alpha value is -1.00. The molecule has 6 unspecified atom stereocenters. The summed E-state index contributed by atoms with van der Waals surface area (Å²) < 4.78 is 24.1. The van der Waals surface area contributed by atoms with E-state index in [-0.39, 0.29) is 29.0 Å². The van der Waals surface area contributed by atoms with Crippen LogP contribution >= 0.6 is 0 Å². The molecule has 0 aromatic rings. The molecule has 0 amide bonds. The van der Waals surface area contributed by atoms with Gasteiger partial charge in [0.2, 0.25) is 0 Å². The van der Waals surface area contributed by atoms with E-state index in [9.17, 15) is 40.9 Å². The van der Waals surface area contributed by atoms with E-state index in [0.29, 0.717) is 30.1 Å². The first-order valence-electron chi connectivity index (χ1n) is 19.9. The zero-order valence-electron chi connectivity index (χ0n) is 31.9. The molecule has 2 heterocycles. The standard InChI is InChI=1S/C40H66O12/c1-19(2)15-22(43)16-20(3)24-9-10-26-23-7-8-25-21(4)28(12-14-40(25,6)27(23)11-13-39(24,26)5)49-38-36(34(47)32(45)30(18-42)51-38)52-37-35(48)33(46)31(44)29(17-41)50-37/h10,19-22,24-25,28-38,41-48H,7-9,11-18H2,1-6H3/t20-,21+,22+,24-,25+,28+,29?,30?,31+,32+,33?,34?,35?,36?,37+,38-,39-,40+/m1/s1. The fourth-order valence-electron chi connectivity index (χ4n) is 11.4. The van der Waals surface area contributed by atoms with Crippen molar-refractivity contribution in [2.75, 3.05) is 13.2 Å². The highest BCUT2D eigenvalue weighted by atomic mass is 16.8. The summed E-state index contributed by atoms with van der Waals surface area (Å²) in [6, 6.07) is 0. The van der Waals surface area contributed by atoms with Crippen LogP contribution in [0.15, 0.2) is 22.8 Å². The Kier molecular flexibility index (Phi) is 12.4. The highest BCUT2D eigenvalue weighted by Crippen LogP contribution is 2.65. The predicted octanol–water partition coefficient (Wildman–Crippen LogP) is 2.32. The van der Waals surface area contributed by atoms with E-state index < -0.39 is 74.6 Å². The minimum absolute atomic E-state index is 0.00478.